The molecule has 1 rings (SSSR count). The maximum absolute atomic E-state index is 12.4. The second kappa shape index (κ2) is 4.74. The van der Waals surface area contributed by atoms with Crippen molar-refractivity contribution in [2.75, 3.05) is 0 Å². The van der Waals surface area contributed by atoms with Crippen LogP contribution in [0.2, 0.25) is 5.02 Å². The van der Waals surface area contributed by atoms with Crippen LogP contribution in [0, 0.1) is 0 Å². The maximum atomic E-state index is 12.4. The van der Waals surface area contributed by atoms with E-state index in [-0.39, 0.29) is 12.2 Å². The van der Waals surface area contributed by atoms with Gasteiger partial charge in [0.05, 0.1) is 10.6 Å². The van der Waals surface area contributed by atoms with E-state index in [0.29, 0.717) is 6.07 Å². The number of esters is 1. The monoisotopic (exact) mass is 252 g/mol. The average molecular weight is 253 g/mol. The van der Waals surface area contributed by atoms with E-state index in [1.807, 2.05) is 0 Å². The highest BCUT2D eigenvalue weighted by molar-refractivity contribution is 6.31. The van der Waals surface area contributed by atoms with E-state index in [2.05, 4.69) is 4.74 Å². The molecule has 0 aliphatic carbocycles. The molecular formula is C10H8ClF3O2. The van der Waals surface area contributed by atoms with E-state index in [1.165, 1.54) is 6.07 Å². The van der Waals surface area contributed by atoms with Crippen molar-refractivity contribution in [2.45, 2.75) is 19.5 Å². The molecule has 16 heavy (non-hydrogen) atoms. The molecule has 88 valence electrons. The zero-order valence-corrected chi connectivity index (χ0v) is 9.02. The second-order valence-electron chi connectivity index (χ2n) is 2.97. The summed E-state index contributed by atoms with van der Waals surface area (Å²) in [5.41, 5.74) is -1.02. The van der Waals surface area contributed by atoms with Gasteiger partial charge in [0, 0.05) is 6.42 Å². The van der Waals surface area contributed by atoms with E-state index in [0.717, 1.165) is 6.07 Å². The third-order valence-corrected chi connectivity index (χ3v) is 2.09. The molecule has 0 aliphatic heterocycles. The van der Waals surface area contributed by atoms with Gasteiger partial charge in [0.15, 0.2) is 0 Å². The topological polar surface area (TPSA) is 26.3 Å². The highest BCUT2D eigenvalue weighted by Gasteiger charge is 2.33. The fraction of sp³-hybridized carbons (Fsp3) is 0.300. The molecule has 0 aromatic heterocycles. The molecule has 0 heterocycles. The van der Waals surface area contributed by atoms with Gasteiger partial charge in [-0.15, -0.1) is 0 Å². The molecular weight excluding hydrogens is 245 g/mol. The minimum absolute atomic E-state index is 0.0873. The lowest BCUT2D eigenvalue weighted by atomic mass is 10.2. The van der Waals surface area contributed by atoms with Crippen LogP contribution in [-0.4, -0.2) is 5.97 Å². The van der Waals surface area contributed by atoms with Crippen molar-refractivity contribution in [1.29, 1.82) is 0 Å². The third kappa shape index (κ3) is 3.13. The standard InChI is InChI=1S/C10H8ClF3O2/c1-2-9(15)16-6-3-4-8(11)7(5-6)10(12,13)14/h3-5H,2H2,1H3. The molecule has 0 N–H and O–H groups in total. The van der Waals surface area contributed by atoms with Gasteiger partial charge in [-0.1, -0.05) is 18.5 Å². The molecule has 2 nitrogen and oxygen atoms in total. The molecule has 0 amide bonds. The minimum atomic E-state index is -4.56. The van der Waals surface area contributed by atoms with Crippen LogP contribution in [0.4, 0.5) is 13.2 Å². The maximum Gasteiger partial charge on any atom is 0.417 e. The fourth-order valence-electron chi connectivity index (χ4n) is 0.989. The molecule has 0 radical (unpaired) electrons. The summed E-state index contributed by atoms with van der Waals surface area (Å²) in [6.45, 7) is 1.54. The third-order valence-electron chi connectivity index (χ3n) is 1.76. The number of alkyl halides is 3. The smallest absolute Gasteiger partial charge is 0.417 e. The Kier molecular flexibility index (Phi) is 3.80. The number of ether oxygens (including phenoxy) is 1. The van der Waals surface area contributed by atoms with Gasteiger partial charge >= 0.3 is 12.1 Å². The number of benzene rings is 1. The Morgan fingerprint density at radius 1 is 1.44 bits per heavy atom. The molecule has 1 aromatic rings. The fourth-order valence-corrected chi connectivity index (χ4v) is 1.21. The SMILES string of the molecule is CCC(=O)Oc1ccc(Cl)c(C(F)(F)F)c1. The molecule has 0 aliphatic rings. The predicted molar refractivity (Wildman–Crippen MR) is 52.4 cm³/mol. The molecule has 1 aromatic carbocycles. The van der Waals surface area contributed by atoms with Gasteiger partial charge in [0.1, 0.15) is 5.75 Å². The Morgan fingerprint density at radius 2 is 2.06 bits per heavy atom. The summed E-state index contributed by atoms with van der Waals surface area (Å²) in [6.07, 6.45) is -4.48. The van der Waals surface area contributed by atoms with E-state index < -0.39 is 22.7 Å². The first-order chi connectivity index (χ1) is 7.34. The molecule has 0 spiro atoms. The van der Waals surface area contributed by atoms with Crippen molar-refractivity contribution in [3.05, 3.63) is 28.8 Å². The van der Waals surface area contributed by atoms with E-state index >= 15 is 0 Å². The van der Waals surface area contributed by atoms with E-state index in [1.54, 1.807) is 6.92 Å². The predicted octanol–water partition coefficient (Wildman–Crippen LogP) is 3.67. The summed E-state index contributed by atoms with van der Waals surface area (Å²) in [6, 6.07) is 2.96. The van der Waals surface area contributed by atoms with Crippen LogP contribution in [0.1, 0.15) is 18.9 Å². The van der Waals surface area contributed by atoms with Crippen LogP contribution < -0.4 is 4.74 Å². The number of hydrogen-bond acceptors (Lipinski definition) is 2. The number of rotatable bonds is 2. The van der Waals surface area contributed by atoms with Crippen molar-refractivity contribution in [1.82, 2.24) is 0 Å². The summed E-state index contributed by atoms with van der Waals surface area (Å²) in [5.74, 6) is -0.765. The number of halogens is 4. The highest BCUT2D eigenvalue weighted by Crippen LogP contribution is 2.36. The van der Waals surface area contributed by atoms with E-state index in [4.69, 9.17) is 11.6 Å². The van der Waals surface area contributed by atoms with Crippen LogP contribution in [0.3, 0.4) is 0 Å². The molecule has 0 atom stereocenters. The van der Waals surface area contributed by atoms with Crippen LogP contribution in [-0.2, 0) is 11.0 Å². The Balaban J connectivity index is 3.03. The van der Waals surface area contributed by atoms with Gasteiger partial charge < -0.3 is 4.74 Å². The van der Waals surface area contributed by atoms with Crippen LogP contribution in [0.15, 0.2) is 18.2 Å². The van der Waals surface area contributed by atoms with Crippen LogP contribution >= 0.6 is 11.6 Å². The van der Waals surface area contributed by atoms with Crippen molar-refractivity contribution < 1.29 is 22.7 Å². The lowest BCUT2D eigenvalue weighted by molar-refractivity contribution is -0.138. The van der Waals surface area contributed by atoms with Gasteiger partial charge in [-0.05, 0) is 18.2 Å². The minimum Gasteiger partial charge on any atom is -0.427 e. The number of carbonyl (C=O) groups excluding carboxylic acids is 1. The van der Waals surface area contributed by atoms with Gasteiger partial charge in [-0.2, -0.15) is 13.2 Å². The zero-order chi connectivity index (χ0) is 12.3. The van der Waals surface area contributed by atoms with Gasteiger partial charge in [-0.25, -0.2) is 0 Å². The van der Waals surface area contributed by atoms with Gasteiger partial charge in [0.25, 0.3) is 0 Å². The molecule has 0 unspecified atom stereocenters. The van der Waals surface area contributed by atoms with Crippen LogP contribution in [0.25, 0.3) is 0 Å². The van der Waals surface area contributed by atoms with Crippen molar-refractivity contribution in [2.24, 2.45) is 0 Å². The Bertz CT molecular complexity index is 402. The normalized spacial score (nSPS) is 11.3. The van der Waals surface area contributed by atoms with E-state index in [9.17, 15) is 18.0 Å². The van der Waals surface area contributed by atoms with Crippen molar-refractivity contribution in [3.8, 4) is 5.75 Å². The van der Waals surface area contributed by atoms with Gasteiger partial charge in [0.2, 0.25) is 0 Å². The lowest BCUT2D eigenvalue weighted by Gasteiger charge is -2.10. The lowest BCUT2D eigenvalue weighted by Crippen LogP contribution is -2.09. The molecule has 0 bridgehead atoms. The Labute approximate surface area is 95.0 Å². The Morgan fingerprint density at radius 3 is 2.56 bits per heavy atom. The molecule has 6 heteroatoms. The first-order valence-corrected chi connectivity index (χ1v) is 4.79. The summed E-state index contributed by atoms with van der Waals surface area (Å²) >= 11 is 5.39. The summed E-state index contributed by atoms with van der Waals surface area (Å²) in [7, 11) is 0. The molecule has 0 saturated carbocycles. The summed E-state index contributed by atoms with van der Waals surface area (Å²) in [4.78, 5) is 10.9. The van der Waals surface area contributed by atoms with Crippen molar-refractivity contribution in [3.63, 3.8) is 0 Å². The average Bonchev–Trinajstić information content (AvgIpc) is 2.19. The first kappa shape index (κ1) is 12.8. The zero-order valence-electron chi connectivity index (χ0n) is 8.27. The Hall–Kier alpha value is -1.23. The second-order valence-corrected chi connectivity index (χ2v) is 3.37. The first-order valence-electron chi connectivity index (χ1n) is 4.42. The largest absolute Gasteiger partial charge is 0.427 e. The quantitative estimate of drug-likeness (QED) is 0.593. The van der Waals surface area contributed by atoms with Crippen LogP contribution in [0.5, 0.6) is 5.75 Å². The number of hydrogen-bond donors (Lipinski definition) is 0. The number of carbonyl (C=O) groups is 1. The van der Waals surface area contributed by atoms with Gasteiger partial charge in [-0.3, -0.25) is 4.79 Å². The van der Waals surface area contributed by atoms with Crippen molar-refractivity contribution >= 4 is 17.6 Å². The molecule has 0 fully saturated rings. The summed E-state index contributed by atoms with van der Waals surface area (Å²) < 4.78 is 41.9. The highest BCUT2D eigenvalue weighted by atomic mass is 35.5. The summed E-state index contributed by atoms with van der Waals surface area (Å²) in [5, 5.41) is -0.427. The molecule has 0 saturated heterocycles.